The van der Waals surface area contributed by atoms with Gasteiger partial charge in [0.05, 0.1) is 0 Å². The molecule has 0 bridgehead atoms. The summed E-state index contributed by atoms with van der Waals surface area (Å²) in [5.74, 6) is 0.573. The average Bonchev–Trinajstić information content (AvgIpc) is 2.98. The minimum Gasteiger partial charge on any atom is -0.291 e. The Morgan fingerprint density at radius 2 is 1.70 bits per heavy atom. The molecule has 1 unspecified atom stereocenters. The molecule has 0 saturated carbocycles. The van der Waals surface area contributed by atoms with Crippen molar-refractivity contribution in [2.45, 2.75) is 25.1 Å². The number of benzene rings is 2. The lowest BCUT2D eigenvalue weighted by molar-refractivity contribution is 0.742. The van der Waals surface area contributed by atoms with Crippen LogP contribution in [-0.4, -0.2) is 5.04 Å². The van der Waals surface area contributed by atoms with Crippen LogP contribution in [0.2, 0.25) is 0 Å². The minimum absolute atomic E-state index is 0.214. The Balaban J connectivity index is 1.73. The standard InChI is InChI=1S/C17H18N2S/c1-12(2)13-8-10-15(11-9-13)17-19-18-16(20-17)14-6-4-3-5-7-14/h3-12,17,19H,1-2H3. The van der Waals surface area contributed by atoms with Gasteiger partial charge in [-0.2, -0.15) is 5.10 Å². The molecule has 2 aromatic carbocycles. The summed E-state index contributed by atoms with van der Waals surface area (Å²) >= 11 is 1.77. The van der Waals surface area contributed by atoms with Gasteiger partial charge in [-0.3, -0.25) is 5.43 Å². The Kier molecular flexibility index (Phi) is 3.79. The highest BCUT2D eigenvalue weighted by atomic mass is 32.2. The van der Waals surface area contributed by atoms with Gasteiger partial charge in [-0.15, -0.1) is 0 Å². The molecule has 0 aliphatic carbocycles. The molecule has 1 atom stereocenters. The largest absolute Gasteiger partial charge is 0.291 e. The van der Waals surface area contributed by atoms with Crippen molar-refractivity contribution in [1.82, 2.24) is 5.43 Å². The molecule has 1 heterocycles. The maximum Gasteiger partial charge on any atom is 0.126 e. The van der Waals surface area contributed by atoms with Crippen LogP contribution >= 0.6 is 11.8 Å². The fourth-order valence-electron chi connectivity index (χ4n) is 2.19. The number of hydrogen-bond donors (Lipinski definition) is 1. The molecule has 0 aromatic heterocycles. The third-order valence-electron chi connectivity index (χ3n) is 3.44. The fraction of sp³-hybridized carbons (Fsp3) is 0.235. The van der Waals surface area contributed by atoms with Gasteiger partial charge in [-0.05, 0) is 17.0 Å². The number of hydrogen-bond acceptors (Lipinski definition) is 3. The Hall–Kier alpha value is -1.74. The molecule has 1 aliphatic heterocycles. The molecule has 2 nitrogen and oxygen atoms in total. The fourth-order valence-corrected chi connectivity index (χ4v) is 3.19. The summed E-state index contributed by atoms with van der Waals surface area (Å²) in [6.45, 7) is 4.43. The molecule has 102 valence electrons. The van der Waals surface area contributed by atoms with Crippen molar-refractivity contribution in [3.05, 3.63) is 71.3 Å². The molecular formula is C17H18N2S. The molecular weight excluding hydrogens is 264 g/mol. The second-order valence-electron chi connectivity index (χ2n) is 5.23. The van der Waals surface area contributed by atoms with Crippen LogP contribution < -0.4 is 5.43 Å². The van der Waals surface area contributed by atoms with E-state index in [1.165, 1.54) is 16.7 Å². The summed E-state index contributed by atoms with van der Waals surface area (Å²) in [7, 11) is 0. The monoisotopic (exact) mass is 282 g/mol. The van der Waals surface area contributed by atoms with E-state index in [1.54, 1.807) is 11.8 Å². The minimum atomic E-state index is 0.214. The maximum atomic E-state index is 4.45. The third kappa shape index (κ3) is 2.73. The van der Waals surface area contributed by atoms with Crippen molar-refractivity contribution in [2.24, 2.45) is 5.10 Å². The predicted octanol–water partition coefficient (Wildman–Crippen LogP) is 4.51. The summed E-state index contributed by atoms with van der Waals surface area (Å²) < 4.78 is 0. The van der Waals surface area contributed by atoms with Gasteiger partial charge in [0.25, 0.3) is 0 Å². The van der Waals surface area contributed by atoms with Gasteiger partial charge in [-0.1, -0.05) is 80.2 Å². The Morgan fingerprint density at radius 1 is 1.00 bits per heavy atom. The second-order valence-corrected chi connectivity index (χ2v) is 6.33. The van der Waals surface area contributed by atoms with Crippen molar-refractivity contribution in [1.29, 1.82) is 0 Å². The molecule has 3 rings (SSSR count). The lowest BCUT2D eigenvalue weighted by Crippen LogP contribution is -2.06. The van der Waals surface area contributed by atoms with Crippen LogP contribution in [0.4, 0.5) is 0 Å². The summed E-state index contributed by atoms with van der Waals surface area (Å²) in [6, 6.07) is 19.1. The molecule has 0 spiro atoms. The summed E-state index contributed by atoms with van der Waals surface area (Å²) in [5, 5.41) is 5.72. The predicted molar refractivity (Wildman–Crippen MR) is 87.0 cm³/mol. The van der Waals surface area contributed by atoms with Crippen molar-refractivity contribution < 1.29 is 0 Å². The number of nitrogens with zero attached hydrogens (tertiary/aromatic N) is 1. The topological polar surface area (TPSA) is 24.4 Å². The highest BCUT2D eigenvalue weighted by Gasteiger charge is 2.21. The second kappa shape index (κ2) is 5.71. The lowest BCUT2D eigenvalue weighted by Gasteiger charge is -2.11. The highest BCUT2D eigenvalue weighted by Crippen LogP contribution is 2.34. The maximum absolute atomic E-state index is 4.45. The first-order valence-electron chi connectivity index (χ1n) is 6.89. The van der Waals surface area contributed by atoms with Crippen LogP contribution in [0, 0.1) is 0 Å². The van der Waals surface area contributed by atoms with Crippen molar-refractivity contribution in [3.63, 3.8) is 0 Å². The van der Waals surface area contributed by atoms with Crippen LogP contribution in [-0.2, 0) is 0 Å². The van der Waals surface area contributed by atoms with E-state index < -0.39 is 0 Å². The first-order valence-corrected chi connectivity index (χ1v) is 7.77. The quantitative estimate of drug-likeness (QED) is 0.896. The molecule has 0 amide bonds. The van der Waals surface area contributed by atoms with E-state index in [0.717, 1.165) is 5.04 Å². The SMILES string of the molecule is CC(C)c1ccc(C2NN=C(c3ccccc3)S2)cc1. The number of hydrazone groups is 1. The zero-order valence-corrected chi connectivity index (χ0v) is 12.5. The van der Waals surface area contributed by atoms with Crippen molar-refractivity contribution in [2.75, 3.05) is 0 Å². The third-order valence-corrected chi connectivity index (χ3v) is 4.60. The van der Waals surface area contributed by atoms with Gasteiger partial charge >= 0.3 is 0 Å². The van der Waals surface area contributed by atoms with E-state index in [-0.39, 0.29) is 5.37 Å². The Labute approximate surface area is 124 Å². The molecule has 1 N–H and O–H groups in total. The molecule has 3 heteroatoms. The molecule has 1 aliphatic rings. The van der Waals surface area contributed by atoms with Crippen LogP contribution in [0.25, 0.3) is 0 Å². The van der Waals surface area contributed by atoms with Crippen LogP contribution in [0.3, 0.4) is 0 Å². The van der Waals surface area contributed by atoms with Crippen molar-refractivity contribution in [3.8, 4) is 0 Å². The zero-order chi connectivity index (χ0) is 13.9. The zero-order valence-electron chi connectivity index (χ0n) is 11.7. The molecule has 2 aromatic rings. The van der Waals surface area contributed by atoms with E-state index >= 15 is 0 Å². The van der Waals surface area contributed by atoms with Gasteiger partial charge in [0.1, 0.15) is 10.4 Å². The van der Waals surface area contributed by atoms with Gasteiger partial charge in [-0.25, -0.2) is 0 Å². The van der Waals surface area contributed by atoms with Gasteiger partial charge in [0.2, 0.25) is 0 Å². The van der Waals surface area contributed by atoms with E-state index in [1.807, 2.05) is 18.2 Å². The van der Waals surface area contributed by atoms with Gasteiger partial charge < -0.3 is 0 Å². The first kappa shape index (κ1) is 13.3. The van der Waals surface area contributed by atoms with Gasteiger partial charge in [0.15, 0.2) is 0 Å². The number of nitrogens with one attached hydrogen (secondary N) is 1. The molecule has 0 fully saturated rings. The summed E-state index contributed by atoms with van der Waals surface area (Å²) in [4.78, 5) is 0. The van der Waals surface area contributed by atoms with Crippen LogP contribution in [0.1, 0.15) is 41.8 Å². The summed E-state index contributed by atoms with van der Waals surface area (Å²) in [6.07, 6.45) is 0. The van der Waals surface area contributed by atoms with Crippen LogP contribution in [0.5, 0.6) is 0 Å². The van der Waals surface area contributed by atoms with Crippen LogP contribution in [0.15, 0.2) is 59.7 Å². The smallest absolute Gasteiger partial charge is 0.126 e. The van der Waals surface area contributed by atoms with E-state index in [0.29, 0.717) is 5.92 Å². The highest BCUT2D eigenvalue weighted by molar-refractivity contribution is 8.14. The normalized spacial score (nSPS) is 17.9. The average molecular weight is 282 g/mol. The lowest BCUT2D eigenvalue weighted by atomic mass is 10.0. The van der Waals surface area contributed by atoms with E-state index in [4.69, 9.17) is 0 Å². The van der Waals surface area contributed by atoms with E-state index in [9.17, 15) is 0 Å². The Bertz CT molecular complexity index is 603. The first-order chi connectivity index (χ1) is 9.74. The molecule has 0 radical (unpaired) electrons. The van der Waals surface area contributed by atoms with Gasteiger partial charge in [0, 0.05) is 5.56 Å². The Morgan fingerprint density at radius 3 is 2.35 bits per heavy atom. The number of rotatable bonds is 3. The number of thioether (sulfide) groups is 1. The van der Waals surface area contributed by atoms with E-state index in [2.05, 4.69) is 60.8 Å². The molecule has 0 saturated heterocycles. The van der Waals surface area contributed by atoms with Crippen molar-refractivity contribution >= 4 is 16.8 Å². The molecule has 20 heavy (non-hydrogen) atoms. The summed E-state index contributed by atoms with van der Waals surface area (Å²) in [5.41, 5.74) is 7.04.